The van der Waals surface area contributed by atoms with Crippen molar-refractivity contribution in [3.8, 4) is 10.8 Å². The number of hydrogen-bond donors (Lipinski definition) is 2. The Morgan fingerprint density at radius 3 is 2.80 bits per heavy atom. The van der Waals surface area contributed by atoms with E-state index >= 15 is 0 Å². The Labute approximate surface area is 157 Å². The van der Waals surface area contributed by atoms with Crippen LogP contribution < -0.4 is 10.6 Å². The van der Waals surface area contributed by atoms with E-state index in [9.17, 15) is 4.79 Å². The number of rotatable bonds is 4. The van der Waals surface area contributed by atoms with Crippen LogP contribution in [-0.4, -0.2) is 16.2 Å². The van der Waals surface area contributed by atoms with Gasteiger partial charge in [0.2, 0.25) is 0 Å². The number of carbonyl (C=O) groups excluding carboxylic acids is 1. The Morgan fingerprint density at radius 1 is 1.20 bits per heavy atom. The molecule has 6 nitrogen and oxygen atoms in total. The summed E-state index contributed by atoms with van der Waals surface area (Å²) in [6, 6.07) is 6.25. The van der Waals surface area contributed by atoms with Gasteiger partial charge in [-0.25, -0.2) is 4.79 Å². The number of halogens is 2. The Kier molecular flexibility index (Phi) is 4.37. The van der Waals surface area contributed by atoms with E-state index < -0.39 is 6.03 Å². The Morgan fingerprint density at radius 2 is 2.04 bits per heavy atom. The molecule has 9 heteroatoms. The van der Waals surface area contributed by atoms with Gasteiger partial charge in [-0.3, -0.25) is 0 Å². The second kappa shape index (κ2) is 6.67. The number of amides is 2. The van der Waals surface area contributed by atoms with Gasteiger partial charge in [0.15, 0.2) is 5.82 Å². The molecule has 3 aromatic rings. The largest absolute Gasteiger partial charge is 0.333 e. The van der Waals surface area contributed by atoms with Crippen LogP contribution in [0.4, 0.5) is 16.2 Å². The lowest BCUT2D eigenvalue weighted by Gasteiger charge is -2.08. The maximum Gasteiger partial charge on any atom is 0.323 e. The number of thiophene rings is 1. The van der Waals surface area contributed by atoms with Gasteiger partial charge in [-0.1, -0.05) is 28.4 Å². The molecule has 1 saturated carbocycles. The highest BCUT2D eigenvalue weighted by atomic mass is 35.5. The summed E-state index contributed by atoms with van der Waals surface area (Å²) in [6.45, 7) is 0. The summed E-state index contributed by atoms with van der Waals surface area (Å²) in [5, 5.41) is 12.1. The van der Waals surface area contributed by atoms with Crippen LogP contribution in [0.3, 0.4) is 0 Å². The number of hydrogen-bond acceptors (Lipinski definition) is 5. The van der Waals surface area contributed by atoms with Crippen molar-refractivity contribution in [3.05, 3.63) is 45.5 Å². The molecule has 0 aliphatic heterocycles. The smallest absolute Gasteiger partial charge is 0.323 e. The summed E-state index contributed by atoms with van der Waals surface area (Å²) >= 11 is 13.2. The van der Waals surface area contributed by atoms with E-state index in [-0.39, 0.29) is 0 Å². The van der Waals surface area contributed by atoms with Crippen molar-refractivity contribution < 1.29 is 9.32 Å². The number of nitrogens with zero attached hydrogens (tertiary/aromatic N) is 2. The van der Waals surface area contributed by atoms with Crippen LogP contribution in [0.1, 0.15) is 24.6 Å². The van der Waals surface area contributed by atoms with Crippen molar-refractivity contribution in [2.45, 2.75) is 18.8 Å². The minimum atomic E-state index is -0.403. The third-order valence-corrected chi connectivity index (χ3v) is 5.31. The van der Waals surface area contributed by atoms with Crippen LogP contribution in [0.15, 0.2) is 34.2 Å². The Hall–Kier alpha value is -2.09. The fraction of sp³-hybridized carbons (Fsp3) is 0.188. The predicted molar refractivity (Wildman–Crippen MR) is 98.7 cm³/mol. The lowest BCUT2D eigenvalue weighted by atomic mass is 10.3. The molecule has 2 amide bonds. The quantitative estimate of drug-likeness (QED) is 0.600. The van der Waals surface area contributed by atoms with E-state index in [4.69, 9.17) is 27.7 Å². The summed E-state index contributed by atoms with van der Waals surface area (Å²) in [5.74, 6) is 1.56. The van der Waals surface area contributed by atoms with E-state index in [1.807, 2.05) is 5.38 Å². The first-order chi connectivity index (χ1) is 12.1. The normalized spacial score (nSPS) is 13.7. The van der Waals surface area contributed by atoms with Crippen LogP contribution in [0.25, 0.3) is 10.8 Å². The highest BCUT2D eigenvalue weighted by molar-refractivity contribution is 7.14. The standard InChI is InChI=1S/C16H12Cl2N4O2S/c17-10-4-3-9(7-11(10)18)19-16(23)20-12-5-6-25-13(12)15-21-14(22-24-15)8-1-2-8/h3-8H,1-2H2,(H2,19,20,23). The molecule has 0 spiro atoms. The van der Waals surface area contributed by atoms with Gasteiger partial charge < -0.3 is 15.2 Å². The fourth-order valence-corrected chi connectivity index (χ4v) is 3.33. The topological polar surface area (TPSA) is 80.0 Å². The summed E-state index contributed by atoms with van der Waals surface area (Å²) in [7, 11) is 0. The third kappa shape index (κ3) is 3.63. The van der Waals surface area contributed by atoms with Crippen molar-refractivity contribution in [2.24, 2.45) is 0 Å². The zero-order valence-corrected chi connectivity index (χ0v) is 15.1. The molecule has 0 bridgehead atoms. The van der Waals surface area contributed by atoms with Crippen LogP contribution in [-0.2, 0) is 0 Å². The van der Waals surface area contributed by atoms with E-state index in [1.54, 1.807) is 24.3 Å². The summed E-state index contributed by atoms with van der Waals surface area (Å²) in [6.07, 6.45) is 2.20. The van der Waals surface area contributed by atoms with Crippen LogP contribution in [0.5, 0.6) is 0 Å². The highest BCUT2D eigenvalue weighted by Crippen LogP contribution is 2.40. The fourth-order valence-electron chi connectivity index (χ4n) is 2.27. The monoisotopic (exact) mass is 394 g/mol. The lowest BCUT2D eigenvalue weighted by molar-refractivity contribution is 0.262. The number of benzene rings is 1. The van der Waals surface area contributed by atoms with Gasteiger partial charge >= 0.3 is 6.03 Å². The van der Waals surface area contributed by atoms with Crippen molar-refractivity contribution >= 4 is 51.9 Å². The van der Waals surface area contributed by atoms with E-state index in [2.05, 4.69) is 20.8 Å². The molecule has 0 atom stereocenters. The van der Waals surface area contributed by atoms with Crippen molar-refractivity contribution in [3.63, 3.8) is 0 Å². The number of urea groups is 1. The number of carbonyl (C=O) groups is 1. The second-order valence-electron chi connectivity index (χ2n) is 5.60. The van der Waals surface area contributed by atoms with Gasteiger partial charge in [-0.15, -0.1) is 11.3 Å². The Bertz CT molecular complexity index is 936. The number of nitrogens with one attached hydrogen (secondary N) is 2. The second-order valence-corrected chi connectivity index (χ2v) is 7.33. The van der Waals surface area contributed by atoms with Gasteiger partial charge in [0, 0.05) is 11.6 Å². The van der Waals surface area contributed by atoms with E-state index in [1.165, 1.54) is 11.3 Å². The molecule has 2 N–H and O–H groups in total. The summed E-state index contributed by atoms with van der Waals surface area (Å²) in [4.78, 5) is 17.4. The molecule has 2 heterocycles. The first-order valence-corrected chi connectivity index (χ1v) is 9.18. The molecule has 2 aromatic heterocycles. The average Bonchev–Trinajstić information content (AvgIpc) is 3.13. The van der Waals surface area contributed by atoms with Crippen LogP contribution >= 0.6 is 34.5 Å². The maximum atomic E-state index is 12.2. The molecular formula is C16H12Cl2N4O2S. The first-order valence-electron chi connectivity index (χ1n) is 7.54. The molecule has 0 saturated heterocycles. The molecule has 1 fully saturated rings. The van der Waals surface area contributed by atoms with Gasteiger partial charge in [0.1, 0.15) is 4.88 Å². The van der Waals surface area contributed by atoms with Gasteiger partial charge in [0.05, 0.1) is 15.7 Å². The SMILES string of the molecule is O=C(Nc1ccc(Cl)c(Cl)c1)Nc1ccsc1-c1nc(C2CC2)no1. The van der Waals surface area contributed by atoms with Gasteiger partial charge in [0.25, 0.3) is 5.89 Å². The highest BCUT2D eigenvalue weighted by Gasteiger charge is 2.29. The van der Waals surface area contributed by atoms with E-state index in [0.29, 0.717) is 33.2 Å². The molecule has 1 aliphatic rings. The zero-order valence-electron chi connectivity index (χ0n) is 12.8. The van der Waals surface area contributed by atoms with E-state index in [0.717, 1.165) is 23.5 Å². The van der Waals surface area contributed by atoms with Crippen molar-refractivity contribution in [2.75, 3.05) is 10.6 Å². The lowest BCUT2D eigenvalue weighted by Crippen LogP contribution is -2.19. The third-order valence-electron chi connectivity index (χ3n) is 3.67. The minimum Gasteiger partial charge on any atom is -0.333 e. The molecule has 0 radical (unpaired) electrons. The molecule has 128 valence electrons. The molecule has 4 rings (SSSR count). The van der Waals surface area contributed by atoms with Gasteiger partial charge in [-0.2, -0.15) is 4.98 Å². The Balaban J connectivity index is 1.48. The maximum absolute atomic E-state index is 12.2. The molecule has 1 aromatic carbocycles. The van der Waals surface area contributed by atoms with Crippen molar-refractivity contribution in [1.29, 1.82) is 0 Å². The molecule has 25 heavy (non-hydrogen) atoms. The zero-order chi connectivity index (χ0) is 17.4. The van der Waals surface area contributed by atoms with Crippen LogP contribution in [0.2, 0.25) is 10.0 Å². The average molecular weight is 395 g/mol. The first kappa shape index (κ1) is 16.4. The molecular weight excluding hydrogens is 383 g/mol. The van der Waals surface area contributed by atoms with Crippen molar-refractivity contribution in [1.82, 2.24) is 10.1 Å². The minimum absolute atomic E-state index is 0.370. The summed E-state index contributed by atoms with van der Waals surface area (Å²) in [5.41, 5.74) is 1.14. The summed E-state index contributed by atoms with van der Waals surface area (Å²) < 4.78 is 5.33. The molecule has 0 unspecified atom stereocenters. The van der Waals surface area contributed by atoms with Gasteiger partial charge in [-0.05, 0) is 42.5 Å². The number of aromatic nitrogens is 2. The molecule has 1 aliphatic carbocycles. The van der Waals surface area contributed by atoms with Crippen LogP contribution in [0, 0.1) is 0 Å². The predicted octanol–water partition coefficient (Wildman–Crippen LogP) is 5.63. The number of anilines is 2.